The molecule has 0 saturated heterocycles. The number of anilines is 1. The molecule has 2 aromatic carbocycles. The second-order valence-electron chi connectivity index (χ2n) is 16.1. The van der Waals surface area contributed by atoms with Crippen LogP contribution >= 0.6 is 0 Å². The number of fused-ring (bicyclic) bond motifs is 1. The van der Waals surface area contributed by atoms with Crippen molar-refractivity contribution in [2.24, 2.45) is 5.92 Å². The Bertz CT molecular complexity index is 1510. The smallest absolute Gasteiger partial charge is 0.421 e. The largest absolute Gasteiger partial charge is 0.541 e. The summed E-state index contributed by atoms with van der Waals surface area (Å²) >= 11 is 0. The van der Waals surface area contributed by atoms with Crippen LogP contribution in [0, 0.1) is 5.92 Å². The van der Waals surface area contributed by atoms with Gasteiger partial charge in [0.25, 0.3) is 16.6 Å². The zero-order chi connectivity index (χ0) is 35.0. The third kappa shape index (κ3) is 8.50. The van der Waals surface area contributed by atoms with E-state index in [2.05, 4.69) is 67.7 Å². The molecule has 1 aliphatic heterocycles. The van der Waals surface area contributed by atoms with Crippen LogP contribution in [0.3, 0.4) is 0 Å². The number of hydrogen-bond acceptors (Lipinski definition) is 7. The maximum atomic E-state index is 13.7. The maximum Gasteiger partial charge on any atom is 0.421 e. The van der Waals surface area contributed by atoms with Gasteiger partial charge in [-0.1, -0.05) is 53.7 Å². The number of nitrogens with zero attached hydrogens (tertiary/aromatic N) is 1. The summed E-state index contributed by atoms with van der Waals surface area (Å²) in [4.78, 5) is 41.5. The lowest BCUT2D eigenvalue weighted by molar-refractivity contribution is -0.130. The Morgan fingerprint density at radius 3 is 1.91 bits per heavy atom. The normalized spacial score (nSPS) is 16.3. The molecular weight excluding hydrogens is 615 g/mol. The number of methoxy groups -OCH3 is 1. The fourth-order valence-corrected chi connectivity index (χ4v) is 6.35. The molecule has 1 unspecified atom stereocenters. The van der Waals surface area contributed by atoms with Crippen LogP contribution in [-0.4, -0.2) is 47.1 Å². The van der Waals surface area contributed by atoms with E-state index >= 15 is 0 Å². The number of imide groups is 1. The van der Waals surface area contributed by atoms with Crippen molar-refractivity contribution in [2.45, 2.75) is 111 Å². The van der Waals surface area contributed by atoms with Gasteiger partial charge >= 0.3 is 6.09 Å². The summed E-state index contributed by atoms with van der Waals surface area (Å²) in [6.45, 7) is 27.1. The van der Waals surface area contributed by atoms with Gasteiger partial charge in [-0.05, 0) is 111 Å². The third-order valence-electron chi connectivity index (χ3n) is 9.14. The lowest BCUT2D eigenvalue weighted by atomic mass is 9.88. The Kier molecular flexibility index (Phi) is 10.5. The van der Waals surface area contributed by atoms with Gasteiger partial charge in [-0.3, -0.25) is 9.59 Å². The minimum absolute atomic E-state index is 0.00536. The highest BCUT2D eigenvalue weighted by molar-refractivity contribution is 6.75. The highest BCUT2D eigenvalue weighted by atomic mass is 28.4. The molecule has 1 atom stereocenters. The third-order valence-corrected chi connectivity index (χ3v) is 17.8. The highest BCUT2D eigenvalue weighted by Gasteiger charge is 2.43. The van der Waals surface area contributed by atoms with E-state index in [4.69, 9.17) is 18.3 Å². The van der Waals surface area contributed by atoms with Crippen LogP contribution in [0.2, 0.25) is 36.3 Å². The fraction of sp³-hybridized carbons (Fsp3) is 0.528. The summed E-state index contributed by atoms with van der Waals surface area (Å²) in [5, 5.41) is -0.0437. The summed E-state index contributed by atoms with van der Waals surface area (Å²) in [7, 11) is -2.87. The maximum absolute atomic E-state index is 13.7. The van der Waals surface area contributed by atoms with Crippen molar-refractivity contribution < 1.29 is 32.7 Å². The van der Waals surface area contributed by atoms with E-state index in [1.54, 1.807) is 52.2 Å². The molecule has 10 heteroatoms. The molecule has 1 aliphatic rings. The van der Waals surface area contributed by atoms with E-state index < -0.39 is 45.9 Å². The van der Waals surface area contributed by atoms with Crippen LogP contribution in [-0.2, 0) is 20.7 Å². The van der Waals surface area contributed by atoms with Crippen LogP contribution in [0.5, 0.6) is 17.2 Å². The van der Waals surface area contributed by atoms with Gasteiger partial charge in [0.15, 0.2) is 5.78 Å². The SMILES string of the molecule is COc1ccc2c(c1)CC(C(=O)C=Cc1ccc(O[Si](C)(C)C(C)(C)C)c(O[Si](C)(C)C(C)(C)C)c1)C(=O)N2C(=O)OC(C)(C)C. The van der Waals surface area contributed by atoms with Crippen molar-refractivity contribution in [2.75, 3.05) is 12.0 Å². The molecule has 2 aromatic rings. The number of allylic oxidation sites excluding steroid dienone is 1. The molecule has 3 rings (SSSR count). The number of hydrogen-bond donors (Lipinski definition) is 0. The molecule has 1 heterocycles. The molecule has 46 heavy (non-hydrogen) atoms. The first kappa shape index (κ1) is 37.1. The second-order valence-corrected chi connectivity index (χ2v) is 25.5. The average molecular weight is 668 g/mol. The monoisotopic (exact) mass is 667 g/mol. The number of benzene rings is 2. The van der Waals surface area contributed by atoms with E-state index in [9.17, 15) is 14.4 Å². The number of carbonyl (C=O) groups excluding carboxylic acids is 3. The van der Waals surface area contributed by atoms with Gasteiger partial charge in [0.2, 0.25) is 5.91 Å². The van der Waals surface area contributed by atoms with E-state index in [0.717, 1.165) is 10.5 Å². The molecule has 0 radical (unpaired) electrons. The van der Waals surface area contributed by atoms with Crippen molar-refractivity contribution in [1.29, 1.82) is 0 Å². The molecule has 0 spiro atoms. The molecule has 0 fully saturated rings. The standard InChI is InChI=1S/C36H53NO7Si2/c1-34(2,3)42-33(40)37-28-18-17-26(41-10)22-25(28)23-27(32(37)39)29(38)19-15-24-16-20-30(43-45(11,12)35(4,5)6)31(21-24)44-46(13,14)36(7,8)9/h15-22,27H,23H2,1-14H3. The minimum atomic E-state index is -2.24. The van der Waals surface area contributed by atoms with Gasteiger partial charge in [-0.2, -0.15) is 0 Å². The minimum Gasteiger partial charge on any atom is -0.541 e. The van der Waals surface area contributed by atoms with Crippen LogP contribution in [0.25, 0.3) is 6.08 Å². The van der Waals surface area contributed by atoms with Gasteiger partial charge < -0.3 is 18.3 Å². The lowest BCUT2D eigenvalue weighted by Crippen LogP contribution is -2.49. The van der Waals surface area contributed by atoms with E-state index in [-0.39, 0.29) is 16.5 Å². The Morgan fingerprint density at radius 1 is 0.826 bits per heavy atom. The summed E-state index contributed by atoms with van der Waals surface area (Å²) < 4.78 is 24.4. The van der Waals surface area contributed by atoms with Gasteiger partial charge in [0, 0.05) is 0 Å². The number of rotatable bonds is 8. The second kappa shape index (κ2) is 13.0. The van der Waals surface area contributed by atoms with Crippen molar-refractivity contribution in [1.82, 2.24) is 0 Å². The van der Waals surface area contributed by atoms with Gasteiger partial charge in [0.05, 0.1) is 12.8 Å². The molecule has 0 N–H and O–H groups in total. The first-order chi connectivity index (χ1) is 20.9. The number of carbonyl (C=O) groups is 3. The van der Waals surface area contributed by atoms with Crippen molar-refractivity contribution in [3.8, 4) is 17.2 Å². The van der Waals surface area contributed by atoms with Crippen LogP contribution in [0.15, 0.2) is 42.5 Å². The lowest BCUT2D eigenvalue weighted by Gasteiger charge is -2.39. The Morgan fingerprint density at radius 2 is 1.39 bits per heavy atom. The van der Waals surface area contributed by atoms with Crippen LogP contribution < -0.4 is 18.5 Å². The topological polar surface area (TPSA) is 91.4 Å². The van der Waals surface area contributed by atoms with Crippen LogP contribution in [0.1, 0.15) is 73.4 Å². The van der Waals surface area contributed by atoms with E-state index in [1.807, 2.05) is 18.2 Å². The quantitative estimate of drug-likeness (QED) is 0.157. The molecule has 0 aliphatic carbocycles. The first-order valence-electron chi connectivity index (χ1n) is 15.8. The fourth-order valence-electron chi connectivity index (χ4n) is 4.31. The van der Waals surface area contributed by atoms with Gasteiger partial charge in [-0.25, -0.2) is 9.69 Å². The highest BCUT2D eigenvalue weighted by Crippen LogP contribution is 2.44. The van der Waals surface area contributed by atoms with Crippen LogP contribution in [0.4, 0.5) is 10.5 Å². The van der Waals surface area contributed by atoms with Crippen molar-refractivity contribution >= 4 is 46.2 Å². The Balaban J connectivity index is 1.99. The molecule has 0 aromatic heterocycles. The van der Waals surface area contributed by atoms with Crippen molar-refractivity contribution in [3.05, 3.63) is 53.6 Å². The van der Waals surface area contributed by atoms with Gasteiger partial charge in [-0.15, -0.1) is 0 Å². The molecule has 0 saturated carbocycles. The zero-order valence-corrected chi connectivity index (χ0v) is 32.2. The predicted molar refractivity (Wildman–Crippen MR) is 190 cm³/mol. The molecule has 0 bridgehead atoms. The number of ether oxygens (including phenoxy) is 2. The molecule has 2 amide bonds. The summed E-state index contributed by atoms with van der Waals surface area (Å²) in [5.74, 6) is -0.235. The molecule has 8 nitrogen and oxygen atoms in total. The molecular formula is C36H53NO7Si2. The summed E-state index contributed by atoms with van der Waals surface area (Å²) in [6.07, 6.45) is 2.40. The Hall–Kier alpha value is -3.38. The number of ketones is 1. The van der Waals surface area contributed by atoms with Crippen molar-refractivity contribution in [3.63, 3.8) is 0 Å². The summed E-state index contributed by atoms with van der Waals surface area (Å²) in [5.41, 5.74) is 0.941. The van der Waals surface area contributed by atoms with Gasteiger partial charge in [0.1, 0.15) is 28.8 Å². The summed E-state index contributed by atoms with van der Waals surface area (Å²) in [6, 6.07) is 10.8. The van der Waals surface area contributed by atoms with E-state index in [0.29, 0.717) is 28.5 Å². The molecule has 252 valence electrons. The Labute approximate surface area is 277 Å². The average Bonchev–Trinajstić information content (AvgIpc) is 2.89. The number of amides is 2. The predicted octanol–water partition coefficient (Wildman–Crippen LogP) is 9.19. The van der Waals surface area contributed by atoms with E-state index in [1.165, 1.54) is 6.08 Å². The first-order valence-corrected chi connectivity index (χ1v) is 21.7. The zero-order valence-electron chi connectivity index (χ0n) is 30.2.